The Morgan fingerprint density at radius 1 is 1.09 bits per heavy atom. The maximum absolute atomic E-state index is 12.3. The smallest absolute Gasteiger partial charge is 0.193 e. The lowest BCUT2D eigenvalue weighted by atomic mass is 9.90. The third kappa shape index (κ3) is 2.46. The molecule has 1 aliphatic heterocycles. The van der Waals surface area contributed by atoms with Crippen molar-refractivity contribution in [1.29, 1.82) is 0 Å². The van der Waals surface area contributed by atoms with E-state index in [0.717, 1.165) is 0 Å². The first kappa shape index (κ1) is 13.9. The van der Waals surface area contributed by atoms with Crippen LogP contribution in [0.25, 0.3) is 11.0 Å². The maximum Gasteiger partial charge on any atom is 0.193 e. The molecule has 2 unspecified atom stereocenters. The van der Waals surface area contributed by atoms with E-state index in [0.29, 0.717) is 23.3 Å². The number of azo groups is 1. The topological polar surface area (TPSA) is 54.9 Å². The maximum atomic E-state index is 12.3. The van der Waals surface area contributed by atoms with Gasteiger partial charge >= 0.3 is 0 Å². The van der Waals surface area contributed by atoms with Crippen LogP contribution in [-0.4, -0.2) is 6.54 Å². The van der Waals surface area contributed by atoms with Crippen LogP contribution >= 0.6 is 0 Å². The molecule has 0 fully saturated rings. The normalized spacial score (nSPS) is 20.2. The highest BCUT2D eigenvalue weighted by atomic mass is 16.3. The fourth-order valence-corrected chi connectivity index (χ4v) is 3.03. The Labute approximate surface area is 133 Å². The average Bonchev–Trinajstić information content (AvgIpc) is 3.05. The molecule has 0 saturated heterocycles. The lowest BCUT2D eigenvalue weighted by Crippen LogP contribution is -2.11. The Balaban J connectivity index is 1.78. The molecular formula is C19H16N2O2. The van der Waals surface area contributed by atoms with Gasteiger partial charge in [0.25, 0.3) is 0 Å². The van der Waals surface area contributed by atoms with E-state index in [9.17, 15) is 4.79 Å². The largest absolute Gasteiger partial charge is 0.458 e. The van der Waals surface area contributed by atoms with Gasteiger partial charge in [0.2, 0.25) is 0 Å². The second-order valence-electron chi connectivity index (χ2n) is 5.91. The molecule has 0 radical (unpaired) electrons. The van der Waals surface area contributed by atoms with Gasteiger partial charge in [-0.15, -0.1) is 0 Å². The second kappa shape index (κ2) is 5.47. The Morgan fingerprint density at radius 2 is 1.87 bits per heavy atom. The van der Waals surface area contributed by atoms with Crippen molar-refractivity contribution in [3.63, 3.8) is 0 Å². The van der Waals surface area contributed by atoms with Crippen molar-refractivity contribution in [2.24, 2.45) is 10.2 Å². The molecule has 2 aromatic carbocycles. The molecule has 2 heterocycles. The number of nitrogens with zero attached hydrogens (tertiary/aromatic N) is 2. The van der Waals surface area contributed by atoms with E-state index >= 15 is 0 Å². The van der Waals surface area contributed by atoms with Crippen molar-refractivity contribution < 1.29 is 4.42 Å². The van der Waals surface area contributed by atoms with Gasteiger partial charge in [-0.2, -0.15) is 10.2 Å². The number of fused-ring (bicyclic) bond motifs is 1. The van der Waals surface area contributed by atoms with Crippen LogP contribution in [0.1, 0.15) is 28.8 Å². The molecule has 0 N–H and O–H groups in total. The standard InChI is InChI=1S/C19H16N2O2/c1-12-6-8-13(9-7-12)15-11-20-21-19(15)18-10-16(22)14-4-2-3-5-17(14)23-18/h2-10,15,19H,11H2,1H3. The minimum atomic E-state index is -0.241. The van der Waals surface area contributed by atoms with Gasteiger partial charge in [-0.1, -0.05) is 42.0 Å². The molecule has 1 aromatic heterocycles. The van der Waals surface area contributed by atoms with E-state index in [-0.39, 0.29) is 17.4 Å². The Kier molecular flexibility index (Phi) is 3.30. The highest BCUT2D eigenvalue weighted by Crippen LogP contribution is 2.39. The van der Waals surface area contributed by atoms with Crippen LogP contribution in [0.15, 0.2) is 74.0 Å². The summed E-state index contributed by atoms with van der Waals surface area (Å²) in [5.74, 6) is 0.695. The lowest BCUT2D eigenvalue weighted by molar-refractivity contribution is 0.463. The monoisotopic (exact) mass is 304 g/mol. The average molecular weight is 304 g/mol. The first-order valence-corrected chi connectivity index (χ1v) is 7.68. The zero-order valence-corrected chi connectivity index (χ0v) is 12.8. The molecule has 4 nitrogen and oxygen atoms in total. The van der Waals surface area contributed by atoms with Crippen molar-refractivity contribution in [3.8, 4) is 0 Å². The first-order chi connectivity index (χ1) is 11.2. The lowest BCUT2D eigenvalue weighted by Gasteiger charge is -2.16. The number of para-hydroxylation sites is 1. The fraction of sp³-hybridized carbons (Fsp3) is 0.211. The van der Waals surface area contributed by atoms with E-state index in [1.165, 1.54) is 11.1 Å². The summed E-state index contributed by atoms with van der Waals surface area (Å²) < 4.78 is 5.95. The van der Waals surface area contributed by atoms with Gasteiger partial charge in [0.15, 0.2) is 5.43 Å². The highest BCUT2D eigenvalue weighted by molar-refractivity contribution is 5.76. The molecule has 0 aliphatic carbocycles. The minimum Gasteiger partial charge on any atom is -0.458 e. The number of benzene rings is 2. The predicted molar refractivity (Wildman–Crippen MR) is 88.9 cm³/mol. The van der Waals surface area contributed by atoms with E-state index < -0.39 is 0 Å². The van der Waals surface area contributed by atoms with Crippen LogP contribution in [0.4, 0.5) is 0 Å². The van der Waals surface area contributed by atoms with E-state index in [1.807, 2.05) is 18.2 Å². The van der Waals surface area contributed by atoms with Gasteiger partial charge in [-0.05, 0) is 24.6 Å². The molecule has 4 heteroatoms. The molecule has 0 bridgehead atoms. The molecule has 0 spiro atoms. The summed E-state index contributed by atoms with van der Waals surface area (Å²) in [4.78, 5) is 12.3. The number of rotatable bonds is 2. The molecule has 23 heavy (non-hydrogen) atoms. The zero-order valence-electron chi connectivity index (χ0n) is 12.8. The van der Waals surface area contributed by atoms with Crippen LogP contribution in [-0.2, 0) is 0 Å². The summed E-state index contributed by atoms with van der Waals surface area (Å²) in [6.45, 7) is 2.68. The van der Waals surface area contributed by atoms with Gasteiger partial charge in [0.1, 0.15) is 17.4 Å². The predicted octanol–water partition coefficient (Wildman–Crippen LogP) is 4.39. The molecule has 2 atom stereocenters. The highest BCUT2D eigenvalue weighted by Gasteiger charge is 2.31. The quantitative estimate of drug-likeness (QED) is 0.705. The summed E-state index contributed by atoms with van der Waals surface area (Å²) in [6.07, 6.45) is 0. The summed E-state index contributed by atoms with van der Waals surface area (Å²) in [5, 5.41) is 9.12. The summed E-state index contributed by atoms with van der Waals surface area (Å²) in [5.41, 5.74) is 2.95. The fourth-order valence-electron chi connectivity index (χ4n) is 3.03. The molecule has 0 saturated carbocycles. The molecular weight excluding hydrogens is 288 g/mol. The molecule has 114 valence electrons. The van der Waals surface area contributed by atoms with Crippen LogP contribution in [0.2, 0.25) is 0 Å². The van der Waals surface area contributed by atoms with Crippen LogP contribution in [0.3, 0.4) is 0 Å². The van der Waals surface area contributed by atoms with Crippen molar-refractivity contribution in [2.75, 3.05) is 6.54 Å². The molecule has 1 aliphatic rings. The number of hydrogen-bond donors (Lipinski definition) is 0. The minimum absolute atomic E-state index is 0.0355. The van der Waals surface area contributed by atoms with Crippen molar-refractivity contribution in [3.05, 3.63) is 81.7 Å². The Morgan fingerprint density at radius 3 is 2.70 bits per heavy atom. The van der Waals surface area contributed by atoms with Gasteiger partial charge in [0.05, 0.1) is 11.9 Å². The third-order valence-electron chi connectivity index (χ3n) is 4.32. The summed E-state index contributed by atoms with van der Waals surface area (Å²) in [6, 6.07) is 17.0. The Hall–Kier alpha value is -2.75. The van der Waals surface area contributed by atoms with Gasteiger partial charge in [0, 0.05) is 12.0 Å². The Bertz CT molecular complexity index is 941. The molecule has 0 amide bonds. The van der Waals surface area contributed by atoms with E-state index in [2.05, 4.69) is 41.4 Å². The van der Waals surface area contributed by atoms with E-state index in [4.69, 9.17) is 4.42 Å². The van der Waals surface area contributed by atoms with Crippen LogP contribution in [0, 0.1) is 6.92 Å². The SMILES string of the molecule is Cc1ccc(C2CN=NC2c2cc(=O)c3ccccc3o2)cc1. The first-order valence-electron chi connectivity index (χ1n) is 7.68. The van der Waals surface area contributed by atoms with E-state index in [1.54, 1.807) is 12.1 Å². The van der Waals surface area contributed by atoms with Gasteiger partial charge in [-0.3, -0.25) is 4.79 Å². The van der Waals surface area contributed by atoms with Crippen molar-refractivity contribution in [1.82, 2.24) is 0 Å². The van der Waals surface area contributed by atoms with Crippen LogP contribution < -0.4 is 5.43 Å². The third-order valence-corrected chi connectivity index (χ3v) is 4.32. The van der Waals surface area contributed by atoms with Crippen molar-refractivity contribution in [2.45, 2.75) is 18.9 Å². The van der Waals surface area contributed by atoms with Crippen molar-refractivity contribution >= 4 is 11.0 Å². The molecule has 3 aromatic rings. The number of hydrogen-bond acceptors (Lipinski definition) is 4. The summed E-state index contributed by atoms with van der Waals surface area (Å²) in [7, 11) is 0. The molecule has 4 rings (SSSR count). The van der Waals surface area contributed by atoms with Gasteiger partial charge in [-0.25, -0.2) is 0 Å². The number of aryl methyl sites for hydroxylation is 1. The zero-order chi connectivity index (χ0) is 15.8. The van der Waals surface area contributed by atoms with Crippen LogP contribution in [0.5, 0.6) is 0 Å². The second-order valence-corrected chi connectivity index (χ2v) is 5.91. The van der Waals surface area contributed by atoms with Gasteiger partial charge < -0.3 is 4.42 Å². The summed E-state index contributed by atoms with van der Waals surface area (Å²) >= 11 is 0.